The summed E-state index contributed by atoms with van der Waals surface area (Å²) in [7, 11) is -3.49. The summed E-state index contributed by atoms with van der Waals surface area (Å²) in [4.78, 5) is 25.4. The summed E-state index contributed by atoms with van der Waals surface area (Å²) in [6.45, 7) is 5.48. The van der Waals surface area contributed by atoms with Gasteiger partial charge in [0.25, 0.3) is 0 Å². The quantitative estimate of drug-likeness (QED) is 0.507. The van der Waals surface area contributed by atoms with Crippen LogP contribution in [-0.4, -0.2) is 42.1 Å². The number of nitrogens with one attached hydrogen (secondary N) is 2. The zero-order valence-corrected chi connectivity index (χ0v) is 19.5. The van der Waals surface area contributed by atoms with Gasteiger partial charge >= 0.3 is 0 Å². The van der Waals surface area contributed by atoms with Crippen LogP contribution in [0.15, 0.2) is 36.0 Å². The summed E-state index contributed by atoms with van der Waals surface area (Å²) in [6.07, 6.45) is 3.97. The number of carbonyl (C=O) groups is 1. The summed E-state index contributed by atoms with van der Waals surface area (Å²) in [5, 5.41) is 4.30. The number of amides is 1. The molecule has 170 valence electrons. The van der Waals surface area contributed by atoms with Gasteiger partial charge in [-0.1, -0.05) is 6.07 Å². The first-order valence-corrected chi connectivity index (χ1v) is 12.3. The summed E-state index contributed by atoms with van der Waals surface area (Å²) in [6, 6.07) is 4.30. The lowest BCUT2D eigenvalue weighted by Crippen LogP contribution is -2.35. The molecule has 1 aromatic carbocycles. The topological polar surface area (TPSA) is 123 Å². The fourth-order valence-electron chi connectivity index (χ4n) is 2.64. The van der Waals surface area contributed by atoms with Crippen LogP contribution < -0.4 is 14.8 Å². The number of halogens is 1. The van der Waals surface area contributed by atoms with Crippen LogP contribution in [0.1, 0.15) is 26.5 Å². The number of thiazole rings is 1. The number of aromatic nitrogens is 3. The Kier molecular flexibility index (Phi) is 6.74. The molecule has 2 N–H and O–H groups in total. The van der Waals surface area contributed by atoms with Crippen molar-refractivity contribution in [1.82, 2.24) is 15.0 Å². The zero-order valence-electron chi connectivity index (χ0n) is 17.8. The first kappa shape index (κ1) is 23.5. The summed E-state index contributed by atoms with van der Waals surface area (Å²) in [5.41, 5.74) is 0.110. The van der Waals surface area contributed by atoms with E-state index in [9.17, 15) is 17.6 Å². The van der Waals surface area contributed by atoms with Crippen molar-refractivity contribution in [2.75, 3.05) is 22.9 Å². The van der Waals surface area contributed by atoms with E-state index in [1.54, 1.807) is 25.3 Å². The highest BCUT2D eigenvalue weighted by Gasteiger charge is 2.33. The summed E-state index contributed by atoms with van der Waals surface area (Å²) >= 11 is 1.06. The Morgan fingerprint density at radius 3 is 2.66 bits per heavy atom. The van der Waals surface area contributed by atoms with Gasteiger partial charge in [-0.15, -0.1) is 11.3 Å². The molecule has 9 nitrogen and oxygen atoms in total. The lowest BCUT2D eigenvalue weighted by molar-refractivity contribution is -0.120. The maximum atomic E-state index is 14.7. The van der Waals surface area contributed by atoms with E-state index in [1.807, 2.05) is 6.92 Å². The van der Waals surface area contributed by atoms with Gasteiger partial charge in [0.05, 0.1) is 47.7 Å². The monoisotopic (exact) mass is 479 g/mol. The predicted molar refractivity (Wildman–Crippen MR) is 121 cm³/mol. The average molecular weight is 480 g/mol. The van der Waals surface area contributed by atoms with E-state index in [-0.39, 0.29) is 10.8 Å². The second-order valence-electron chi connectivity index (χ2n) is 7.36. The van der Waals surface area contributed by atoms with Crippen LogP contribution in [0.2, 0.25) is 0 Å². The molecule has 0 bridgehead atoms. The van der Waals surface area contributed by atoms with Crippen LogP contribution in [0.5, 0.6) is 5.88 Å². The van der Waals surface area contributed by atoms with Gasteiger partial charge in [0.15, 0.2) is 5.13 Å². The van der Waals surface area contributed by atoms with Crippen LogP contribution in [0.3, 0.4) is 0 Å². The van der Waals surface area contributed by atoms with Crippen molar-refractivity contribution in [1.29, 1.82) is 0 Å². The van der Waals surface area contributed by atoms with Crippen molar-refractivity contribution in [3.8, 4) is 17.1 Å². The third-order valence-corrected chi connectivity index (χ3v) is 5.85. The Balaban J connectivity index is 1.78. The van der Waals surface area contributed by atoms with E-state index in [2.05, 4.69) is 25.0 Å². The van der Waals surface area contributed by atoms with Crippen LogP contribution in [0.4, 0.5) is 15.2 Å². The number of sulfonamides is 1. The Morgan fingerprint density at radius 1 is 1.25 bits per heavy atom. The van der Waals surface area contributed by atoms with Crippen molar-refractivity contribution in [2.45, 2.75) is 26.2 Å². The van der Waals surface area contributed by atoms with Gasteiger partial charge in [0.2, 0.25) is 21.8 Å². The van der Waals surface area contributed by atoms with Gasteiger partial charge in [0.1, 0.15) is 5.82 Å². The van der Waals surface area contributed by atoms with Gasteiger partial charge in [0, 0.05) is 10.9 Å². The van der Waals surface area contributed by atoms with Gasteiger partial charge in [-0.25, -0.2) is 22.8 Å². The molecule has 0 radical (unpaired) electrons. The average Bonchev–Trinajstić information content (AvgIpc) is 3.17. The maximum Gasteiger partial charge on any atom is 0.236 e. The van der Waals surface area contributed by atoms with E-state index in [0.29, 0.717) is 29.4 Å². The smallest absolute Gasteiger partial charge is 0.236 e. The first-order valence-electron chi connectivity index (χ1n) is 9.49. The number of nitrogens with zero attached hydrogens (tertiary/aromatic N) is 3. The molecule has 0 fully saturated rings. The van der Waals surface area contributed by atoms with Crippen molar-refractivity contribution in [3.05, 3.63) is 47.5 Å². The highest BCUT2D eigenvalue weighted by molar-refractivity contribution is 7.92. The molecular formula is C20H22FN5O4S2. The molecular weight excluding hydrogens is 457 g/mol. The van der Waals surface area contributed by atoms with E-state index in [0.717, 1.165) is 17.6 Å². The van der Waals surface area contributed by atoms with E-state index in [4.69, 9.17) is 4.74 Å². The molecule has 0 atom stereocenters. The zero-order chi connectivity index (χ0) is 23.5. The Bertz CT molecular complexity index is 1240. The number of ether oxygens (including phenoxy) is 1. The Hall–Kier alpha value is -3.12. The molecule has 32 heavy (non-hydrogen) atoms. The van der Waals surface area contributed by atoms with Crippen molar-refractivity contribution < 1.29 is 22.3 Å². The van der Waals surface area contributed by atoms with Crippen LogP contribution in [0.25, 0.3) is 11.3 Å². The Morgan fingerprint density at radius 2 is 2.00 bits per heavy atom. The highest BCUT2D eigenvalue weighted by Crippen LogP contribution is 2.30. The van der Waals surface area contributed by atoms with Crippen LogP contribution in [-0.2, 0) is 20.2 Å². The standard InChI is InChI=1S/C20H22FN5O4S2/c1-5-30-17-10-22-9-15(23-17)12-6-7-14(13(21)8-12)24-18(27)20(2,3)16-11-31-19(25-16)26-32(4,28)29/h6-11H,5H2,1-4H3,(H,24,27)(H,25,26). The van der Waals surface area contributed by atoms with E-state index < -0.39 is 27.2 Å². The molecule has 0 aliphatic heterocycles. The van der Waals surface area contributed by atoms with Gasteiger partial charge < -0.3 is 10.1 Å². The minimum atomic E-state index is -3.49. The second-order valence-corrected chi connectivity index (χ2v) is 9.97. The van der Waals surface area contributed by atoms with Gasteiger partial charge in [-0.05, 0) is 32.9 Å². The number of carbonyl (C=O) groups excluding carboxylic acids is 1. The predicted octanol–water partition coefficient (Wildman–Crippen LogP) is 3.43. The SMILES string of the molecule is CCOc1cncc(-c2ccc(NC(=O)C(C)(C)c3csc(NS(C)(=O)=O)n3)c(F)c2)n1. The van der Waals surface area contributed by atoms with Gasteiger partial charge in [-0.2, -0.15) is 0 Å². The normalized spacial score (nSPS) is 11.8. The maximum absolute atomic E-state index is 14.7. The molecule has 0 aliphatic carbocycles. The molecule has 0 unspecified atom stereocenters. The Labute approximate surface area is 189 Å². The lowest BCUT2D eigenvalue weighted by atomic mass is 9.89. The van der Waals surface area contributed by atoms with Crippen LogP contribution in [0, 0.1) is 5.82 Å². The number of rotatable bonds is 8. The molecule has 2 heterocycles. The van der Waals surface area contributed by atoms with Crippen molar-refractivity contribution >= 4 is 38.1 Å². The largest absolute Gasteiger partial charge is 0.477 e. The second kappa shape index (κ2) is 9.17. The highest BCUT2D eigenvalue weighted by atomic mass is 32.2. The lowest BCUT2D eigenvalue weighted by Gasteiger charge is -2.22. The van der Waals surface area contributed by atoms with Crippen molar-refractivity contribution in [3.63, 3.8) is 0 Å². The molecule has 0 saturated heterocycles. The number of benzene rings is 1. The summed E-state index contributed by atoms with van der Waals surface area (Å²) in [5.74, 6) is -0.816. The molecule has 12 heteroatoms. The minimum Gasteiger partial charge on any atom is -0.477 e. The fraction of sp³-hybridized carbons (Fsp3) is 0.300. The number of hydrogen-bond donors (Lipinski definition) is 2. The van der Waals surface area contributed by atoms with Gasteiger partial charge in [-0.3, -0.25) is 14.5 Å². The molecule has 0 saturated carbocycles. The third kappa shape index (κ3) is 5.56. The molecule has 0 spiro atoms. The van der Waals surface area contributed by atoms with Crippen LogP contribution >= 0.6 is 11.3 Å². The molecule has 2 aromatic heterocycles. The van der Waals surface area contributed by atoms with E-state index in [1.165, 1.54) is 24.5 Å². The minimum absolute atomic E-state index is 0.00883. The summed E-state index contributed by atoms with van der Waals surface area (Å²) < 4.78 is 45.1. The third-order valence-electron chi connectivity index (χ3n) is 4.40. The molecule has 0 aliphatic rings. The van der Waals surface area contributed by atoms with E-state index >= 15 is 0 Å². The number of anilines is 2. The fourth-order valence-corrected chi connectivity index (χ4v) is 4.37. The van der Waals surface area contributed by atoms with Crippen molar-refractivity contribution in [2.24, 2.45) is 0 Å². The first-order chi connectivity index (χ1) is 15.0. The molecule has 1 amide bonds. The molecule has 3 rings (SSSR count). The molecule has 3 aromatic rings. The number of hydrogen-bond acceptors (Lipinski definition) is 8.